The van der Waals surface area contributed by atoms with Gasteiger partial charge in [-0.2, -0.15) is 5.10 Å². The van der Waals surface area contributed by atoms with Gasteiger partial charge in [-0.15, -0.1) is 0 Å². The van der Waals surface area contributed by atoms with Crippen molar-refractivity contribution in [3.8, 4) is 5.75 Å². The third-order valence-corrected chi connectivity index (χ3v) is 8.32. The first-order valence-corrected chi connectivity index (χ1v) is 12.3. The summed E-state index contributed by atoms with van der Waals surface area (Å²) in [6.07, 6.45) is 0. The number of hydrazone groups is 1. The van der Waals surface area contributed by atoms with Gasteiger partial charge in [-0.05, 0) is 53.4 Å². The lowest BCUT2D eigenvalue weighted by Crippen LogP contribution is -2.69. The number of anilines is 1. The van der Waals surface area contributed by atoms with E-state index in [1.807, 2.05) is 48.5 Å². The van der Waals surface area contributed by atoms with E-state index in [1.165, 1.54) is 4.90 Å². The molecule has 1 fully saturated rings. The van der Waals surface area contributed by atoms with E-state index >= 15 is 0 Å². The fourth-order valence-corrected chi connectivity index (χ4v) is 7.06. The van der Waals surface area contributed by atoms with E-state index in [9.17, 15) is 14.4 Å². The number of carbonyl (C=O) groups excluding carboxylic acids is 3. The maximum absolute atomic E-state index is 14.8. The molecular formula is C29H23N3O5. The van der Waals surface area contributed by atoms with Crippen molar-refractivity contribution in [2.75, 3.05) is 18.6 Å². The highest BCUT2D eigenvalue weighted by Crippen LogP contribution is 2.71. The third-order valence-electron chi connectivity index (χ3n) is 8.32. The van der Waals surface area contributed by atoms with Gasteiger partial charge >= 0.3 is 5.97 Å². The number of benzene rings is 3. The van der Waals surface area contributed by atoms with E-state index in [0.717, 1.165) is 22.3 Å². The molecule has 2 atom stereocenters. The van der Waals surface area contributed by atoms with Crippen LogP contribution in [0.25, 0.3) is 0 Å². The van der Waals surface area contributed by atoms with Crippen LogP contribution in [0.3, 0.4) is 0 Å². The van der Waals surface area contributed by atoms with Gasteiger partial charge in [0.15, 0.2) is 11.3 Å². The Morgan fingerprint density at radius 1 is 0.892 bits per heavy atom. The number of rotatable bonds is 4. The SMILES string of the molecule is CCOC(=O)C1=NNC23C(=O)N(c4ccc(OC)cc4)C(=O)C12C1c2ccccc2C3c2ccccc21. The van der Waals surface area contributed by atoms with E-state index in [0.29, 0.717) is 11.4 Å². The predicted octanol–water partition coefficient (Wildman–Crippen LogP) is 3.11. The molecule has 2 aliphatic heterocycles. The summed E-state index contributed by atoms with van der Waals surface area (Å²) >= 11 is 0. The van der Waals surface area contributed by atoms with E-state index in [-0.39, 0.29) is 12.3 Å². The number of hydrogen-bond donors (Lipinski definition) is 1. The zero-order chi connectivity index (χ0) is 25.5. The van der Waals surface area contributed by atoms with Crippen LogP contribution in [0.2, 0.25) is 0 Å². The van der Waals surface area contributed by atoms with E-state index in [1.54, 1.807) is 38.3 Å². The fraction of sp³-hybridized carbons (Fsp3) is 0.241. The van der Waals surface area contributed by atoms with Crippen LogP contribution in [0.1, 0.15) is 41.0 Å². The lowest BCUT2D eigenvalue weighted by atomic mass is 9.43. The molecule has 2 amide bonds. The smallest absolute Gasteiger partial charge is 0.355 e. The average Bonchev–Trinajstić information content (AvgIpc) is 3.40. The van der Waals surface area contributed by atoms with Crippen molar-refractivity contribution in [2.24, 2.45) is 10.5 Å². The van der Waals surface area contributed by atoms with Crippen molar-refractivity contribution in [1.82, 2.24) is 5.43 Å². The summed E-state index contributed by atoms with van der Waals surface area (Å²) in [5.41, 5.74) is 4.05. The highest BCUT2D eigenvalue weighted by Gasteiger charge is 2.85. The topological polar surface area (TPSA) is 97.3 Å². The molecule has 0 saturated carbocycles. The number of carbonyl (C=O) groups is 3. The summed E-state index contributed by atoms with van der Waals surface area (Å²) in [5.74, 6) is -2.17. The lowest BCUT2D eigenvalue weighted by molar-refractivity contribution is -0.137. The normalized spacial score (nSPS) is 28.1. The molecule has 1 N–H and O–H groups in total. The van der Waals surface area contributed by atoms with Crippen molar-refractivity contribution in [2.45, 2.75) is 24.3 Å². The van der Waals surface area contributed by atoms with Crippen molar-refractivity contribution >= 4 is 29.2 Å². The van der Waals surface area contributed by atoms with Gasteiger partial charge in [-0.1, -0.05) is 48.5 Å². The Bertz CT molecular complexity index is 1500. The minimum atomic E-state index is -1.61. The summed E-state index contributed by atoms with van der Waals surface area (Å²) in [4.78, 5) is 44.0. The third kappa shape index (κ3) is 2.29. The van der Waals surface area contributed by atoms with Crippen LogP contribution in [-0.2, 0) is 19.1 Å². The molecule has 2 bridgehead atoms. The highest BCUT2D eigenvalue weighted by atomic mass is 16.5. The van der Waals surface area contributed by atoms with Crippen LogP contribution in [0.4, 0.5) is 5.69 Å². The number of nitrogens with one attached hydrogen (secondary N) is 1. The number of nitrogens with zero attached hydrogens (tertiary/aromatic N) is 2. The minimum Gasteiger partial charge on any atom is -0.497 e. The molecule has 8 heteroatoms. The molecule has 184 valence electrons. The van der Waals surface area contributed by atoms with Crippen LogP contribution in [-0.4, -0.2) is 42.8 Å². The van der Waals surface area contributed by atoms with Crippen LogP contribution in [0.5, 0.6) is 5.75 Å². The van der Waals surface area contributed by atoms with Gasteiger partial charge in [0.2, 0.25) is 0 Å². The Labute approximate surface area is 212 Å². The Hall–Kier alpha value is -4.46. The van der Waals surface area contributed by atoms with Gasteiger partial charge < -0.3 is 9.47 Å². The maximum atomic E-state index is 14.8. The number of esters is 1. The van der Waals surface area contributed by atoms with Gasteiger partial charge in [0.1, 0.15) is 11.2 Å². The van der Waals surface area contributed by atoms with E-state index < -0.39 is 40.6 Å². The molecular weight excluding hydrogens is 470 g/mol. The largest absolute Gasteiger partial charge is 0.497 e. The zero-order valence-corrected chi connectivity index (χ0v) is 20.2. The molecule has 2 heterocycles. The molecule has 1 saturated heterocycles. The summed E-state index contributed by atoms with van der Waals surface area (Å²) in [6.45, 7) is 1.82. The molecule has 3 aromatic carbocycles. The average molecular weight is 494 g/mol. The van der Waals surface area contributed by atoms with Gasteiger partial charge in [-0.3, -0.25) is 15.0 Å². The minimum absolute atomic E-state index is 0.0530. The van der Waals surface area contributed by atoms with Crippen LogP contribution < -0.4 is 15.1 Å². The van der Waals surface area contributed by atoms with E-state index in [2.05, 4.69) is 10.5 Å². The number of ether oxygens (including phenoxy) is 2. The maximum Gasteiger partial charge on any atom is 0.355 e. The molecule has 37 heavy (non-hydrogen) atoms. The Kier molecular flexibility index (Phi) is 4.29. The summed E-state index contributed by atoms with van der Waals surface area (Å²) in [6, 6.07) is 22.4. The van der Waals surface area contributed by atoms with Crippen LogP contribution >= 0.6 is 0 Å². The fourth-order valence-electron chi connectivity index (χ4n) is 7.06. The molecule has 5 aliphatic rings. The molecule has 0 spiro atoms. The Morgan fingerprint density at radius 3 is 2.00 bits per heavy atom. The number of amides is 2. The second kappa shape index (κ2) is 7.29. The van der Waals surface area contributed by atoms with Gasteiger partial charge in [0.25, 0.3) is 11.8 Å². The summed E-state index contributed by atoms with van der Waals surface area (Å²) in [5, 5.41) is 4.43. The van der Waals surface area contributed by atoms with E-state index in [4.69, 9.17) is 9.47 Å². The van der Waals surface area contributed by atoms with Gasteiger partial charge in [-0.25, -0.2) is 9.69 Å². The molecule has 0 radical (unpaired) electrons. The quantitative estimate of drug-likeness (QED) is 0.443. The van der Waals surface area contributed by atoms with Crippen molar-refractivity contribution in [3.63, 3.8) is 0 Å². The van der Waals surface area contributed by atoms with Gasteiger partial charge in [0.05, 0.1) is 19.4 Å². The molecule has 3 aromatic rings. The first kappa shape index (κ1) is 21.8. The second-order valence-electron chi connectivity index (χ2n) is 9.68. The van der Waals surface area contributed by atoms with Crippen LogP contribution in [0.15, 0.2) is 77.9 Å². The number of hydrogen-bond acceptors (Lipinski definition) is 7. The molecule has 2 unspecified atom stereocenters. The molecule has 0 aromatic heterocycles. The number of imide groups is 1. The molecule has 8 nitrogen and oxygen atoms in total. The van der Waals surface area contributed by atoms with Crippen molar-refractivity contribution in [3.05, 3.63) is 95.1 Å². The first-order chi connectivity index (χ1) is 18.0. The number of methoxy groups -OCH3 is 1. The second-order valence-corrected chi connectivity index (χ2v) is 9.68. The standard InChI is InChI=1S/C29H23N3O5/c1-3-37-25(33)24-28-22-18-8-4-6-10-20(18)23(21-11-7-5-9-19(21)22)29(28,31-30-24)27(35)32(26(28)34)16-12-14-17(36-2)15-13-16/h4-15,22-23,31H,3H2,1-2H3. The molecule has 8 rings (SSSR count). The monoisotopic (exact) mass is 493 g/mol. The summed E-state index contributed by atoms with van der Waals surface area (Å²) < 4.78 is 10.7. The first-order valence-electron chi connectivity index (χ1n) is 12.3. The summed E-state index contributed by atoms with van der Waals surface area (Å²) in [7, 11) is 1.55. The Morgan fingerprint density at radius 2 is 1.46 bits per heavy atom. The predicted molar refractivity (Wildman–Crippen MR) is 134 cm³/mol. The van der Waals surface area contributed by atoms with Crippen molar-refractivity contribution < 1.29 is 23.9 Å². The lowest BCUT2D eigenvalue weighted by Gasteiger charge is -2.55. The zero-order valence-electron chi connectivity index (χ0n) is 20.2. The van der Waals surface area contributed by atoms with Gasteiger partial charge in [0, 0.05) is 11.8 Å². The van der Waals surface area contributed by atoms with Crippen LogP contribution in [0, 0.1) is 5.41 Å². The van der Waals surface area contributed by atoms with Crippen molar-refractivity contribution in [1.29, 1.82) is 0 Å². The Balaban J connectivity index is 1.56. The molecule has 3 aliphatic carbocycles. The highest BCUT2D eigenvalue weighted by molar-refractivity contribution is 6.50.